The summed E-state index contributed by atoms with van der Waals surface area (Å²) >= 11 is 1.55. The van der Waals surface area contributed by atoms with Gasteiger partial charge in [0.2, 0.25) is 0 Å². The number of carboxylic acids is 1. The third kappa shape index (κ3) is 4.15. The molecule has 1 unspecified atom stereocenters. The van der Waals surface area contributed by atoms with E-state index in [1.54, 1.807) is 35.6 Å². The van der Waals surface area contributed by atoms with Crippen LogP contribution in [0.2, 0.25) is 0 Å². The number of benzene rings is 1. The van der Waals surface area contributed by atoms with E-state index < -0.39 is 12.0 Å². The van der Waals surface area contributed by atoms with Gasteiger partial charge < -0.3 is 19.5 Å². The van der Waals surface area contributed by atoms with E-state index in [4.69, 9.17) is 9.47 Å². The van der Waals surface area contributed by atoms with E-state index >= 15 is 0 Å². The van der Waals surface area contributed by atoms with Crippen LogP contribution in [0.3, 0.4) is 0 Å². The summed E-state index contributed by atoms with van der Waals surface area (Å²) in [6, 6.07) is 5.77. The van der Waals surface area contributed by atoms with Crippen molar-refractivity contribution in [3.8, 4) is 5.75 Å². The van der Waals surface area contributed by atoms with Crippen LogP contribution in [0.4, 0.5) is 0 Å². The molecule has 1 aromatic carbocycles. The molecule has 25 heavy (non-hydrogen) atoms. The number of carbonyl (C=O) groups is 2. The number of amides is 1. The molecule has 1 saturated heterocycles. The van der Waals surface area contributed by atoms with E-state index in [0.717, 1.165) is 10.7 Å². The Kier molecular flexibility index (Phi) is 5.30. The Hall–Kier alpha value is -2.45. The van der Waals surface area contributed by atoms with E-state index in [9.17, 15) is 14.7 Å². The lowest BCUT2D eigenvalue weighted by molar-refractivity contribution is -0.147. The van der Waals surface area contributed by atoms with Crippen LogP contribution in [0.5, 0.6) is 5.75 Å². The van der Waals surface area contributed by atoms with Crippen molar-refractivity contribution in [1.29, 1.82) is 0 Å². The molecular formula is C17H18N2O5S. The van der Waals surface area contributed by atoms with E-state index in [0.29, 0.717) is 24.5 Å². The summed E-state index contributed by atoms with van der Waals surface area (Å²) in [5.41, 5.74) is 1.22. The number of rotatable bonds is 5. The molecule has 7 nitrogen and oxygen atoms in total. The molecule has 0 aliphatic carbocycles. The first-order valence-corrected chi connectivity index (χ1v) is 8.68. The Morgan fingerprint density at radius 1 is 1.48 bits per heavy atom. The third-order valence-corrected chi connectivity index (χ3v) is 4.63. The third-order valence-electron chi connectivity index (χ3n) is 3.81. The zero-order valence-electron chi connectivity index (χ0n) is 13.7. The molecule has 0 saturated carbocycles. The van der Waals surface area contributed by atoms with E-state index in [-0.39, 0.29) is 19.1 Å². The van der Waals surface area contributed by atoms with Crippen molar-refractivity contribution in [3.05, 3.63) is 45.9 Å². The number of carboxylic acid groups (broad SMARTS) is 1. The van der Waals surface area contributed by atoms with Crippen LogP contribution in [-0.2, 0) is 16.1 Å². The van der Waals surface area contributed by atoms with Gasteiger partial charge in [-0.3, -0.25) is 4.79 Å². The molecule has 132 valence electrons. The normalized spacial score (nSPS) is 17.3. The van der Waals surface area contributed by atoms with Gasteiger partial charge in [0, 0.05) is 17.5 Å². The van der Waals surface area contributed by atoms with Gasteiger partial charge in [-0.2, -0.15) is 0 Å². The maximum absolute atomic E-state index is 12.7. The zero-order valence-corrected chi connectivity index (χ0v) is 14.5. The lowest BCUT2D eigenvalue weighted by Crippen LogP contribution is -2.52. The molecule has 1 aliphatic rings. The lowest BCUT2D eigenvalue weighted by Gasteiger charge is -2.32. The number of nitrogens with zero attached hydrogens (tertiary/aromatic N) is 2. The minimum atomic E-state index is -1.07. The van der Waals surface area contributed by atoms with Gasteiger partial charge in [0.15, 0.2) is 6.04 Å². The summed E-state index contributed by atoms with van der Waals surface area (Å²) in [6.07, 6.45) is 0. The summed E-state index contributed by atoms with van der Waals surface area (Å²) in [5, 5.41) is 12.2. The quantitative estimate of drug-likeness (QED) is 0.875. The standard InChI is InChI=1S/C17H18N2O5S/c1-11-18-13(10-25-11)8-24-14-4-2-3-12(7-14)16(20)19-5-6-23-9-15(19)17(21)22/h2-4,7,10,15H,5-6,8-9H2,1H3,(H,21,22). The van der Waals surface area contributed by atoms with E-state index in [1.165, 1.54) is 4.90 Å². The molecule has 0 bridgehead atoms. The second kappa shape index (κ2) is 7.62. The molecule has 3 rings (SSSR count). The van der Waals surface area contributed by atoms with Crippen LogP contribution >= 0.6 is 11.3 Å². The Bertz CT molecular complexity index is 776. The minimum absolute atomic E-state index is 0.000437. The highest BCUT2D eigenvalue weighted by Gasteiger charge is 2.33. The highest BCUT2D eigenvalue weighted by atomic mass is 32.1. The molecule has 0 spiro atoms. The molecule has 1 fully saturated rings. The van der Waals surface area contributed by atoms with Crippen molar-refractivity contribution in [2.24, 2.45) is 0 Å². The number of ether oxygens (including phenoxy) is 2. The Morgan fingerprint density at radius 2 is 2.32 bits per heavy atom. The van der Waals surface area contributed by atoms with Gasteiger partial charge in [-0.05, 0) is 25.1 Å². The van der Waals surface area contributed by atoms with Crippen LogP contribution in [-0.4, -0.2) is 52.7 Å². The molecule has 1 aromatic heterocycles. The number of hydrogen-bond donors (Lipinski definition) is 1. The lowest BCUT2D eigenvalue weighted by atomic mass is 10.1. The van der Waals surface area contributed by atoms with Gasteiger partial charge in [-0.1, -0.05) is 6.07 Å². The number of hydrogen-bond acceptors (Lipinski definition) is 6. The number of morpholine rings is 1. The fraction of sp³-hybridized carbons (Fsp3) is 0.353. The Morgan fingerprint density at radius 3 is 3.04 bits per heavy atom. The Labute approximate surface area is 148 Å². The maximum Gasteiger partial charge on any atom is 0.328 e. The molecule has 2 heterocycles. The van der Waals surface area contributed by atoms with Crippen LogP contribution in [0, 0.1) is 6.92 Å². The van der Waals surface area contributed by atoms with Crippen LogP contribution in [0.15, 0.2) is 29.6 Å². The summed E-state index contributed by atoms with van der Waals surface area (Å²) < 4.78 is 10.9. The molecule has 0 radical (unpaired) electrons. The smallest absolute Gasteiger partial charge is 0.328 e. The van der Waals surface area contributed by atoms with Crippen LogP contribution in [0.1, 0.15) is 21.1 Å². The van der Waals surface area contributed by atoms with Gasteiger partial charge in [0.25, 0.3) is 5.91 Å². The molecular weight excluding hydrogens is 344 g/mol. The van der Waals surface area contributed by atoms with Gasteiger partial charge in [-0.25, -0.2) is 9.78 Å². The van der Waals surface area contributed by atoms with Gasteiger partial charge in [0.1, 0.15) is 12.4 Å². The number of aliphatic carboxylic acids is 1. The fourth-order valence-electron chi connectivity index (χ4n) is 2.57. The first-order valence-electron chi connectivity index (χ1n) is 7.80. The number of carbonyl (C=O) groups excluding carboxylic acids is 1. The minimum Gasteiger partial charge on any atom is -0.487 e. The summed E-state index contributed by atoms with van der Waals surface area (Å²) in [7, 11) is 0. The summed E-state index contributed by atoms with van der Waals surface area (Å²) in [6.45, 7) is 2.82. The van der Waals surface area contributed by atoms with E-state index in [1.807, 2.05) is 12.3 Å². The van der Waals surface area contributed by atoms with Crippen molar-refractivity contribution in [3.63, 3.8) is 0 Å². The highest BCUT2D eigenvalue weighted by molar-refractivity contribution is 7.09. The van der Waals surface area contributed by atoms with Gasteiger partial charge >= 0.3 is 5.97 Å². The first kappa shape index (κ1) is 17.4. The molecule has 1 amide bonds. The Balaban J connectivity index is 1.71. The molecule has 1 atom stereocenters. The van der Waals surface area contributed by atoms with Crippen molar-refractivity contribution >= 4 is 23.2 Å². The number of aromatic nitrogens is 1. The largest absolute Gasteiger partial charge is 0.487 e. The second-order valence-corrected chi connectivity index (χ2v) is 6.66. The molecule has 2 aromatic rings. The van der Waals surface area contributed by atoms with Gasteiger partial charge in [0.05, 0.1) is 23.9 Å². The van der Waals surface area contributed by atoms with Crippen molar-refractivity contribution in [2.45, 2.75) is 19.6 Å². The average Bonchev–Trinajstić information content (AvgIpc) is 3.05. The second-order valence-electron chi connectivity index (χ2n) is 5.60. The summed E-state index contributed by atoms with van der Waals surface area (Å²) in [5.74, 6) is -0.873. The molecule has 1 N–H and O–H groups in total. The predicted octanol–water partition coefficient (Wildman–Crippen LogP) is 1.96. The maximum atomic E-state index is 12.7. The average molecular weight is 362 g/mol. The number of aryl methyl sites for hydroxylation is 1. The molecule has 8 heteroatoms. The van der Waals surface area contributed by atoms with Crippen molar-refractivity contribution in [2.75, 3.05) is 19.8 Å². The van der Waals surface area contributed by atoms with Gasteiger partial charge in [-0.15, -0.1) is 11.3 Å². The topological polar surface area (TPSA) is 89.0 Å². The monoisotopic (exact) mass is 362 g/mol. The SMILES string of the molecule is Cc1nc(COc2cccc(C(=O)N3CCOCC3C(=O)O)c2)cs1. The van der Waals surface area contributed by atoms with E-state index in [2.05, 4.69) is 4.98 Å². The fourth-order valence-corrected chi connectivity index (χ4v) is 3.17. The highest BCUT2D eigenvalue weighted by Crippen LogP contribution is 2.19. The summed E-state index contributed by atoms with van der Waals surface area (Å²) in [4.78, 5) is 29.7. The van der Waals surface area contributed by atoms with Crippen LogP contribution < -0.4 is 4.74 Å². The number of thiazole rings is 1. The predicted molar refractivity (Wildman–Crippen MR) is 90.9 cm³/mol. The van der Waals surface area contributed by atoms with Crippen molar-refractivity contribution in [1.82, 2.24) is 9.88 Å². The van der Waals surface area contributed by atoms with Crippen LogP contribution in [0.25, 0.3) is 0 Å². The molecule has 1 aliphatic heterocycles. The van der Waals surface area contributed by atoms with Crippen molar-refractivity contribution < 1.29 is 24.2 Å². The first-order chi connectivity index (χ1) is 12.0. The zero-order chi connectivity index (χ0) is 17.8.